The number of benzene rings is 1. The maximum absolute atomic E-state index is 13.1. The molecule has 1 aromatic carbocycles. The van der Waals surface area contributed by atoms with E-state index in [9.17, 15) is 18.0 Å². The summed E-state index contributed by atoms with van der Waals surface area (Å²) in [6.45, 7) is 3.71. The second-order valence-corrected chi connectivity index (χ2v) is 6.52. The van der Waals surface area contributed by atoms with E-state index in [1.807, 2.05) is 13.8 Å². The summed E-state index contributed by atoms with van der Waals surface area (Å²) < 4.78 is 46.2. The maximum atomic E-state index is 13.1. The molecule has 0 aliphatic carbocycles. The molecule has 2 aromatic heterocycles. The van der Waals surface area contributed by atoms with Crippen LogP contribution < -0.4 is 4.74 Å². The highest BCUT2D eigenvalue weighted by Crippen LogP contribution is 2.37. The van der Waals surface area contributed by atoms with E-state index in [-0.39, 0.29) is 23.8 Å². The van der Waals surface area contributed by atoms with Gasteiger partial charge in [-0.2, -0.15) is 13.2 Å². The minimum atomic E-state index is -4.56. The summed E-state index contributed by atoms with van der Waals surface area (Å²) in [5, 5.41) is -0.401. The molecule has 28 heavy (non-hydrogen) atoms. The van der Waals surface area contributed by atoms with Crippen LogP contribution >= 0.6 is 11.6 Å². The number of pyridine rings is 1. The highest BCUT2D eigenvalue weighted by molar-refractivity contribution is 6.32. The van der Waals surface area contributed by atoms with Gasteiger partial charge in [-0.15, -0.1) is 0 Å². The van der Waals surface area contributed by atoms with E-state index in [1.54, 1.807) is 10.6 Å². The molecule has 0 aliphatic rings. The van der Waals surface area contributed by atoms with Gasteiger partial charge in [-0.3, -0.25) is 9.36 Å². The van der Waals surface area contributed by atoms with E-state index in [1.165, 1.54) is 18.3 Å². The van der Waals surface area contributed by atoms with Gasteiger partial charge in [-0.25, -0.2) is 9.97 Å². The Morgan fingerprint density at radius 2 is 2.00 bits per heavy atom. The largest absolute Gasteiger partial charge is 0.417 e. The van der Waals surface area contributed by atoms with Gasteiger partial charge in [0.25, 0.3) is 0 Å². The van der Waals surface area contributed by atoms with Crippen molar-refractivity contribution in [2.24, 2.45) is 0 Å². The molecule has 3 aromatic rings. The summed E-state index contributed by atoms with van der Waals surface area (Å²) in [4.78, 5) is 20.0. The smallest absolute Gasteiger partial charge is 0.407 e. The van der Waals surface area contributed by atoms with Gasteiger partial charge >= 0.3 is 12.1 Å². The summed E-state index contributed by atoms with van der Waals surface area (Å²) in [6, 6.07) is 5.38. The zero-order valence-electron chi connectivity index (χ0n) is 15.2. The molecule has 0 aliphatic heterocycles. The van der Waals surface area contributed by atoms with Gasteiger partial charge < -0.3 is 4.74 Å². The van der Waals surface area contributed by atoms with Crippen LogP contribution in [-0.4, -0.2) is 20.5 Å². The lowest BCUT2D eigenvalue weighted by Crippen LogP contribution is -2.08. The summed E-state index contributed by atoms with van der Waals surface area (Å²) in [5.74, 6) is 0.335. The number of rotatable bonds is 5. The summed E-state index contributed by atoms with van der Waals surface area (Å²) in [5.41, 5.74) is 0.273. The van der Waals surface area contributed by atoms with Gasteiger partial charge in [0.15, 0.2) is 0 Å². The summed E-state index contributed by atoms with van der Waals surface area (Å²) >= 11 is 5.88. The predicted octanol–water partition coefficient (Wildman–Crippen LogP) is 5.36. The van der Waals surface area contributed by atoms with Crippen LogP contribution in [0.2, 0.25) is 5.02 Å². The zero-order chi connectivity index (χ0) is 20.5. The molecule has 0 fully saturated rings. The van der Waals surface area contributed by atoms with Gasteiger partial charge in [0.1, 0.15) is 5.82 Å². The normalized spacial score (nSPS) is 11.8. The lowest BCUT2D eigenvalue weighted by molar-refractivity contribution is -0.137. The van der Waals surface area contributed by atoms with Crippen molar-refractivity contribution in [3.63, 3.8) is 0 Å². The first-order valence-electron chi connectivity index (χ1n) is 8.69. The first-order valence-corrected chi connectivity index (χ1v) is 9.07. The summed E-state index contributed by atoms with van der Waals surface area (Å²) in [6.07, 6.45) is -1.65. The van der Waals surface area contributed by atoms with E-state index in [0.717, 1.165) is 6.07 Å². The van der Waals surface area contributed by atoms with Crippen molar-refractivity contribution in [3.05, 3.63) is 46.9 Å². The van der Waals surface area contributed by atoms with Crippen molar-refractivity contribution in [1.82, 2.24) is 14.5 Å². The number of aromatic nitrogens is 3. The van der Waals surface area contributed by atoms with Crippen LogP contribution in [0.4, 0.5) is 13.2 Å². The number of alkyl halides is 3. The number of ether oxygens (including phenoxy) is 1. The van der Waals surface area contributed by atoms with Crippen LogP contribution in [0.25, 0.3) is 16.7 Å². The topological polar surface area (TPSA) is 57.0 Å². The van der Waals surface area contributed by atoms with E-state index in [4.69, 9.17) is 16.3 Å². The highest BCUT2D eigenvalue weighted by atomic mass is 35.5. The third-order valence-corrected chi connectivity index (χ3v) is 4.40. The first-order chi connectivity index (χ1) is 13.2. The second-order valence-electron chi connectivity index (χ2n) is 6.11. The first kappa shape index (κ1) is 20.1. The minimum absolute atomic E-state index is 0.155. The van der Waals surface area contributed by atoms with Crippen molar-refractivity contribution in [2.45, 2.75) is 39.3 Å². The van der Waals surface area contributed by atoms with Crippen LogP contribution in [0.5, 0.6) is 5.88 Å². The van der Waals surface area contributed by atoms with Gasteiger partial charge in [0.2, 0.25) is 5.88 Å². The molecule has 0 radical (unpaired) electrons. The SMILES string of the molecule is CCCC(=O)Oc1ccc(-n2c(CC)nc3cc(C(F)(F)F)c(Cl)cc32)cn1. The predicted molar refractivity (Wildman–Crippen MR) is 98.8 cm³/mol. The Bertz CT molecular complexity index is 1010. The molecule has 0 spiro atoms. The van der Waals surface area contributed by atoms with Gasteiger partial charge in [0, 0.05) is 18.9 Å². The van der Waals surface area contributed by atoms with Crippen LogP contribution in [0.1, 0.15) is 38.1 Å². The van der Waals surface area contributed by atoms with Crippen molar-refractivity contribution in [3.8, 4) is 11.6 Å². The molecule has 0 atom stereocenters. The van der Waals surface area contributed by atoms with Crippen LogP contribution in [0, 0.1) is 0 Å². The number of nitrogens with zero attached hydrogens (tertiary/aromatic N) is 3. The number of fused-ring (bicyclic) bond motifs is 1. The minimum Gasteiger partial charge on any atom is -0.407 e. The number of aryl methyl sites for hydroxylation is 1. The maximum Gasteiger partial charge on any atom is 0.417 e. The fraction of sp³-hybridized carbons (Fsp3) is 0.316. The van der Waals surface area contributed by atoms with Crippen molar-refractivity contribution >= 4 is 28.6 Å². The number of carbonyl (C=O) groups is 1. The Morgan fingerprint density at radius 3 is 2.57 bits per heavy atom. The zero-order valence-corrected chi connectivity index (χ0v) is 15.9. The Balaban J connectivity index is 2.05. The molecule has 9 heteroatoms. The molecule has 148 valence electrons. The average Bonchev–Trinajstić information content (AvgIpc) is 2.98. The molecule has 0 bridgehead atoms. The van der Waals surface area contributed by atoms with E-state index in [2.05, 4.69) is 9.97 Å². The van der Waals surface area contributed by atoms with Crippen molar-refractivity contribution in [1.29, 1.82) is 0 Å². The van der Waals surface area contributed by atoms with E-state index in [0.29, 0.717) is 29.9 Å². The van der Waals surface area contributed by atoms with E-state index < -0.39 is 16.8 Å². The number of imidazole rings is 1. The number of carbonyl (C=O) groups excluding carboxylic acids is 1. The molecule has 5 nitrogen and oxygen atoms in total. The van der Waals surface area contributed by atoms with Gasteiger partial charge in [-0.05, 0) is 24.6 Å². The Kier molecular flexibility index (Phi) is 5.60. The Hall–Kier alpha value is -2.61. The summed E-state index contributed by atoms with van der Waals surface area (Å²) in [7, 11) is 0. The molecule has 0 saturated carbocycles. The molecule has 3 rings (SSSR count). The fourth-order valence-electron chi connectivity index (χ4n) is 2.83. The monoisotopic (exact) mass is 411 g/mol. The van der Waals surface area contributed by atoms with Gasteiger partial charge in [-0.1, -0.05) is 25.4 Å². The molecular weight excluding hydrogens is 395 g/mol. The third kappa shape index (κ3) is 3.96. The lowest BCUT2D eigenvalue weighted by atomic mass is 10.2. The molecule has 2 heterocycles. The van der Waals surface area contributed by atoms with Crippen LogP contribution in [0.15, 0.2) is 30.5 Å². The second kappa shape index (κ2) is 7.79. The number of halogens is 4. The van der Waals surface area contributed by atoms with Crippen LogP contribution in [0.3, 0.4) is 0 Å². The standard InChI is InChI=1S/C19H17ClF3N3O2/c1-3-5-18(27)28-17-7-6-11(10-24-17)26-15-9-13(20)12(19(21,22)23)8-14(15)25-16(26)4-2/h6-10H,3-5H2,1-2H3. The molecule has 0 unspecified atom stereocenters. The van der Waals surface area contributed by atoms with Crippen LogP contribution in [-0.2, 0) is 17.4 Å². The average molecular weight is 412 g/mol. The lowest BCUT2D eigenvalue weighted by Gasteiger charge is -2.11. The Morgan fingerprint density at radius 1 is 1.25 bits per heavy atom. The molecular formula is C19H17ClF3N3O2. The highest BCUT2D eigenvalue weighted by Gasteiger charge is 2.34. The van der Waals surface area contributed by atoms with Crippen molar-refractivity contribution < 1.29 is 22.7 Å². The Labute approximate surface area is 164 Å². The van der Waals surface area contributed by atoms with Gasteiger partial charge in [0.05, 0.1) is 33.5 Å². The molecule has 0 amide bonds. The quantitative estimate of drug-likeness (QED) is 0.530. The van der Waals surface area contributed by atoms with Crippen molar-refractivity contribution in [2.75, 3.05) is 0 Å². The third-order valence-electron chi connectivity index (χ3n) is 4.09. The number of hydrogen-bond donors (Lipinski definition) is 0. The molecule has 0 N–H and O–H groups in total. The van der Waals surface area contributed by atoms with E-state index >= 15 is 0 Å². The fourth-order valence-corrected chi connectivity index (χ4v) is 3.09. The number of esters is 1. The number of hydrogen-bond acceptors (Lipinski definition) is 4. The molecule has 0 saturated heterocycles.